The molecule has 4 nitrogen and oxygen atoms in total. The second-order valence-corrected chi connectivity index (χ2v) is 15.6. The first-order chi connectivity index (χ1) is 14.5. The quantitative estimate of drug-likeness (QED) is 0.454. The molecule has 0 bridgehead atoms. The minimum atomic E-state index is -1.80. The number of fused-ring (bicyclic) bond motifs is 3. The molecule has 1 aromatic carbocycles. The molecule has 4 rings (SSSR count). The summed E-state index contributed by atoms with van der Waals surface area (Å²) in [5, 5.41) is 0.191. The van der Waals surface area contributed by atoms with Crippen molar-refractivity contribution in [3.05, 3.63) is 36.3 Å². The van der Waals surface area contributed by atoms with Crippen LogP contribution in [-0.2, 0) is 4.43 Å². The van der Waals surface area contributed by atoms with Crippen LogP contribution in [0.25, 0.3) is 11.3 Å². The summed E-state index contributed by atoms with van der Waals surface area (Å²) in [5.41, 5.74) is 2.29. The Balaban J connectivity index is 1.41. The van der Waals surface area contributed by atoms with Gasteiger partial charge in [-0.1, -0.05) is 32.9 Å². The number of benzene rings is 1. The van der Waals surface area contributed by atoms with E-state index < -0.39 is 14.0 Å². The Hall–Kier alpha value is -1.66. The zero-order valence-corrected chi connectivity index (χ0v) is 20.9. The smallest absolute Gasteiger partial charge is 0.192 e. The van der Waals surface area contributed by atoms with Gasteiger partial charge in [0.15, 0.2) is 8.32 Å². The average molecular weight is 445 g/mol. The molecule has 0 spiro atoms. The van der Waals surface area contributed by atoms with Crippen molar-refractivity contribution in [2.45, 2.75) is 95.2 Å². The van der Waals surface area contributed by atoms with E-state index in [9.17, 15) is 0 Å². The summed E-state index contributed by atoms with van der Waals surface area (Å²) < 4.78 is 30.1. The normalized spacial score (nSPS) is 25.9. The lowest BCUT2D eigenvalue weighted by atomic mass is 9.80. The minimum absolute atomic E-state index is 0.122. The lowest BCUT2D eigenvalue weighted by Gasteiger charge is -2.42. The Bertz CT molecular complexity index is 926. The molecular weight excluding hydrogens is 407 g/mol. The van der Waals surface area contributed by atoms with Gasteiger partial charge in [0.2, 0.25) is 0 Å². The maximum Gasteiger partial charge on any atom is 0.192 e. The number of ether oxygens (including phenoxy) is 1. The first-order valence-electron chi connectivity index (χ1n) is 11.6. The van der Waals surface area contributed by atoms with Crippen LogP contribution in [0.15, 0.2) is 30.7 Å². The number of methoxy groups -OCH3 is 1. The molecule has 170 valence electrons. The Morgan fingerprint density at radius 2 is 1.94 bits per heavy atom. The van der Waals surface area contributed by atoms with Crippen molar-refractivity contribution in [3.8, 4) is 17.0 Å². The van der Waals surface area contributed by atoms with Crippen molar-refractivity contribution in [2.24, 2.45) is 0 Å². The number of alkyl halides is 1. The summed E-state index contributed by atoms with van der Waals surface area (Å²) in [6, 6.07) is 6.28. The number of nitrogens with zero attached hydrogens (tertiary/aromatic N) is 2. The van der Waals surface area contributed by atoms with Gasteiger partial charge in [-0.25, -0.2) is 9.37 Å². The lowest BCUT2D eigenvalue weighted by molar-refractivity contribution is 0.0302. The van der Waals surface area contributed by atoms with E-state index >= 15 is 4.39 Å². The van der Waals surface area contributed by atoms with E-state index in [4.69, 9.17) is 9.16 Å². The second-order valence-electron chi connectivity index (χ2n) is 10.9. The number of imidazole rings is 1. The van der Waals surface area contributed by atoms with E-state index in [0.29, 0.717) is 19.3 Å². The first-order valence-corrected chi connectivity index (χ1v) is 14.5. The Kier molecular flexibility index (Phi) is 5.84. The fourth-order valence-corrected chi connectivity index (χ4v) is 6.35. The summed E-state index contributed by atoms with van der Waals surface area (Å²) >= 11 is 0. The highest BCUT2D eigenvalue weighted by molar-refractivity contribution is 6.74. The summed E-state index contributed by atoms with van der Waals surface area (Å²) in [4.78, 5) is 4.35. The van der Waals surface area contributed by atoms with Crippen molar-refractivity contribution < 1.29 is 13.6 Å². The molecule has 1 atom stereocenters. The van der Waals surface area contributed by atoms with Gasteiger partial charge >= 0.3 is 0 Å². The lowest BCUT2D eigenvalue weighted by Crippen LogP contribution is -2.46. The van der Waals surface area contributed by atoms with Gasteiger partial charge < -0.3 is 13.7 Å². The first kappa shape index (κ1) is 22.5. The van der Waals surface area contributed by atoms with E-state index in [1.165, 1.54) is 5.56 Å². The van der Waals surface area contributed by atoms with Crippen molar-refractivity contribution >= 4 is 8.32 Å². The summed E-state index contributed by atoms with van der Waals surface area (Å²) in [7, 11) is -0.105. The number of hydrogen-bond acceptors (Lipinski definition) is 3. The molecule has 1 saturated carbocycles. The molecule has 2 aliphatic rings. The van der Waals surface area contributed by atoms with Crippen LogP contribution in [0.5, 0.6) is 5.75 Å². The Morgan fingerprint density at radius 1 is 1.23 bits per heavy atom. The fraction of sp³-hybridized carbons (Fsp3) is 0.640. The maximum atomic E-state index is 15.8. The molecule has 1 unspecified atom stereocenters. The molecule has 2 aromatic rings. The van der Waals surface area contributed by atoms with Gasteiger partial charge in [0.1, 0.15) is 11.4 Å². The van der Waals surface area contributed by atoms with Crippen LogP contribution in [-0.4, -0.2) is 36.8 Å². The summed E-state index contributed by atoms with van der Waals surface area (Å²) in [6.45, 7) is 11.4. The molecule has 0 N–H and O–H groups in total. The van der Waals surface area contributed by atoms with Gasteiger partial charge in [-0.2, -0.15) is 0 Å². The molecular formula is C25H37FN2O2Si. The monoisotopic (exact) mass is 444 g/mol. The Morgan fingerprint density at radius 3 is 2.58 bits per heavy atom. The summed E-state index contributed by atoms with van der Waals surface area (Å²) in [6.07, 6.45) is 8.16. The average Bonchev–Trinajstić information content (AvgIpc) is 3.28. The third-order valence-corrected chi connectivity index (χ3v) is 12.4. The van der Waals surface area contributed by atoms with Crippen molar-refractivity contribution in [3.63, 3.8) is 0 Å². The second kappa shape index (κ2) is 8.04. The van der Waals surface area contributed by atoms with Crippen LogP contribution >= 0.6 is 0 Å². The molecule has 0 radical (unpaired) electrons. The molecule has 1 aliphatic carbocycles. The molecule has 0 amide bonds. The highest BCUT2D eigenvalue weighted by Crippen LogP contribution is 2.48. The maximum absolute atomic E-state index is 15.8. The highest BCUT2D eigenvalue weighted by Gasteiger charge is 2.43. The van der Waals surface area contributed by atoms with Gasteiger partial charge in [0.05, 0.1) is 31.4 Å². The molecule has 6 heteroatoms. The van der Waals surface area contributed by atoms with E-state index in [1.807, 2.05) is 24.7 Å². The van der Waals surface area contributed by atoms with E-state index in [0.717, 1.165) is 36.3 Å². The molecule has 31 heavy (non-hydrogen) atoms. The van der Waals surface area contributed by atoms with Crippen molar-refractivity contribution in [2.75, 3.05) is 7.11 Å². The van der Waals surface area contributed by atoms with Crippen LogP contribution in [0, 0.1) is 0 Å². The van der Waals surface area contributed by atoms with Crippen LogP contribution in [0.3, 0.4) is 0 Å². The van der Waals surface area contributed by atoms with E-state index in [2.05, 4.69) is 49.5 Å². The van der Waals surface area contributed by atoms with Crippen molar-refractivity contribution in [1.82, 2.24) is 9.55 Å². The molecule has 0 saturated heterocycles. The van der Waals surface area contributed by atoms with Crippen LogP contribution in [0.1, 0.15) is 70.9 Å². The number of rotatable bonds is 6. The predicted molar refractivity (Wildman–Crippen MR) is 126 cm³/mol. The predicted octanol–water partition coefficient (Wildman–Crippen LogP) is 6.91. The van der Waals surface area contributed by atoms with Crippen LogP contribution in [0.4, 0.5) is 4.39 Å². The van der Waals surface area contributed by atoms with E-state index in [-0.39, 0.29) is 17.2 Å². The zero-order valence-electron chi connectivity index (χ0n) is 19.9. The molecule has 2 heterocycles. The fourth-order valence-electron chi connectivity index (χ4n) is 4.93. The number of hydrogen-bond donors (Lipinski definition) is 0. The third kappa shape index (κ3) is 4.21. The van der Waals surface area contributed by atoms with Gasteiger partial charge in [-0.3, -0.25) is 0 Å². The molecule has 1 aromatic heterocycles. The van der Waals surface area contributed by atoms with Crippen LogP contribution in [0.2, 0.25) is 18.1 Å². The minimum Gasteiger partial charge on any atom is -0.496 e. The number of halogens is 1. The topological polar surface area (TPSA) is 36.3 Å². The van der Waals surface area contributed by atoms with E-state index in [1.54, 1.807) is 7.11 Å². The van der Waals surface area contributed by atoms with Crippen molar-refractivity contribution in [1.29, 1.82) is 0 Å². The SMILES string of the molecule is COc1cccc2c1-c1cncn1C2CCC1(F)CCC(O[Si](C)(C)C(C)(C)C)CC1. The number of aromatic nitrogens is 2. The molecule has 1 fully saturated rings. The highest BCUT2D eigenvalue weighted by atomic mass is 28.4. The zero-order chi connectivity index (χ0) is 22.4. The summed E-state index contributed by atoms with van der Waals surface area (Å²) in [5.74, 6) is 0.861. The third-order valence-electron chi connectivity index (χ3n) is 7.86. The van der Waals surface area contributed by atoms with Gasteiger partial charge in [0, 0.05) is 11.7 Å². The van der Waals surface area contributed by atoms with Gasteiger partial charge in [-0.05, 0) is 68.3 Å². The molecule has 1 aliphatic heterocycles. The standard InChI is InChI=1S/C25H37FN2O2Si/c1-24(2,3)31(5,6)30-18-10-13-25(26,14-11-18)15-12-20-19-8-7-9-22(29-4)23(19)21-16-27-17-28(20)21/h7-9,16-18,20H,10-15H2,1-6H3. The van der Waals surface area contributed by atoms with Gasteiger partial charge in [-0.15, -0.1) is 0 Å². The Labute approximate surface area is 187 Å². The van der Waals surface area contributed by atoms with Gasteiger partial charge in [0.25, 0.3) is 0 Å². The van der Waals surface area contributed by atoms with Crippen LogP contribution < -0.4 is 4.74 Å². The largest absolute Gasteiger partial charge is 0.496 e.